The fourth-order valence-corrected chi connectivity index (χ4v) is 2.18. The lowest BCUT2D eigenvalue weighted by Gasteiger charge is -2.13. The first-order chi connectivity index (χ1) is 9.08. The molecule has 0 saturated heterocycles. The highest BCUT2D eigenvalue weighted by molar-refractivity contribution is 9.10. The van der Waals surface area contributed by atoms with Crippen molar-refractivity contribution in [2.75, 3.05) is 11.1 Å². The van der Waals surface area contributed by atoms with E-state index in [-0.39, 0.29) is 5.56 Å². The minimum absolute atomic E-state index is 0.0768. The summed E-state index contributed by atoms with van der Waals surface area (Å²) in [5.41, 5.74) is 7.19. The van der Waals surface area contributed by atoms with E-state index in [0.717, 1.165) is 10.0 Å². The van der Waals surface area contributed by atoms with Crippen LogP contribution < -0.4 is 11.1 Å². The second kappa shape index (κ2) is 6.02. The third kappa shape index (κ3) is 3.44. The van der Waals surface area contributed by atoms with Gasteiger partial charge in [-0.3, -0.25) is 0 Å². The summed E-state index contributed by atoms with van der Waals surface area (Å²) in [5.74, 6) is 0. The van der Waals surface area contributed by atoms with Gasteiger partial charge < -0.3 is 11.1 Å². The van der Waals surface area contributed by atoms with Gasteiger partial charge in [0, 0.05) is 28.0 Å². The van der Waals surface area contributed by atoms with E-state index in [2.05, 4.69) is 21.2 Å². The molecule has 5 heteroatoms. The largest absolute Gasteiger partial charge is 0.399 e. The van der Waals surface area contributed by atoms with E-state index in [1.807, 2.05) is 24.3 Å². The maximum absolute atomic E-state index is 12.9. The van der Waals surface area contributed by atoms with Crippen molar-refractivity contribution >= 4 is 27.3 Å². The second-order valence-electron chi connectivity index (χ2n) is 4.09. The summed E-state index contributed by atoms with van der Waals surface area (Å²) in [5, 5.41) is 3.01. The topological polar surface area (TPSA) is 38.0 Å². The van der Waals surface area contributed by atoms with Gasteiger partial charge in [-0.25, -0.2) is 8.78 Å². The van der Waals surface area contributed by atoms with Crippen LogP contribution >= 0.6 is 15.9 Å². The maximum atomic E-state index is 12.9. The van der Waals surface area contributed by atoms with Gasteiger partial charge in [0.25, 0.3) is 6.43 Å². The van der Waals surface area contributed by atoms with Crippen LogP contribution in [0, 0.1) is 0 Å². The lowest BCUT2D eigenvalue weighted by Crippen LogP contribution is -2.04. The highest BCUT2D eigenvalue weighted by Crippen LogP contribution is 2.29. The molecule has 19 heavy (non-hydrogen) atoms. The van der Waals surface area contributed by atoms with Gasteiger partial charge in [0.05, 0.1) is 0 Å². The highest BCUT2D eigenvalue weighted by atomic mass is 79.9. The van der Waals surface area contributed by atoms with Crippen LogP contribution in [0.2, 0.25) is 0 Å². The number of anilines is 2. The van der Waals surface area contributed by atoms with Crippen LogP contribution in [0.3, 0.4) is 0 Å². The Morgan fingerprint density at radius 2 is 1.89 bits per heavy atom. The molecule has 2 rings (SSSR count). The third-order valence-electron chi connectivity index (χ3n) is 2.74. The van der Waals surface area contributed by atoms with Crippen molar-refractivity contribution in [2.24, 2.45) is 0 Å². The number of nitrogens with two attached hydrogens (primary N) is 1. The number of hydrogen-bond acceptors (Lipinski definition) is 2. The minimum atomic E-state index is -2.55. The Morgan fingerprint density at radius 3 is 2.58 bits per heavy atom. The SMILES string of the molecule is Nc1ccc(NCc2ccccc2Br)c(C(F)F)c1. The maximum Gasteiger partial charge on any atom is 0.265 e. The molecule has 0 aliphatic rings. The lowest BCUT2D eigenvalue weighted by atomic mass is 10.1. The van der Waals surface area contributed by atoms with Gasteiger partial charge in [0.1, 0.15) is 0 Å². The molecule has 2 aromatic rings. The molecule has 3 N–H and O–H groups in total. The Kier molecular flexibility index (Phi) is 4.37. The quantitative estimate of drug-likeness (QED) is 0.807. The zero-order chi connectivity index (χ0) is 13.8. The van der Waals surface area contributed by atoms with Gasteiger partial charge in [0.2, 0.25) is 0 Å². The van der Waals surface area contributed by atoms with Crippen LogP contribution in [0.15, 0.2) is 46.9 Å². The number of alkyl halides is 2. The molecule has 0 aliphatic carbocycles. The molecule has 0 aliphatic heterocycles. The average Bonchev–Trinajstić information content (AvgIpc) is 2.38. The summed E-state index contributed by atoms with van der Waals surface area (Å²) in [6.45, 7) is 0.463. The predicted molar refractivity (Wildman–Crippen MR) is 77.3 cm³/mol. The molecule has 2 aromatic carbocycles. The van der Waals surface area contributed by atoms with E-state index in [0.29, 0.717) is 17.9 Å². The number of hydrogen-bond donors (Lipinski definition) is 2. The van der Waals surface area contributed by atoms with Crippen LogP contribution in [0.5, 0.6) is 0 Å². The van der Waals surface area contributed by atoms with Crippen molar-refractivity contribution in [3.05, 3.63) is 58.1 Å². The molecule has 0 saturated carbocycles. The van der Waals surface area contributed by atoms with Crippen molar-refractivity contribution in [3.8, 4) is 0 Å². The molecule has 0 radical (unpaired) electrons. The van der Waals surface area contributed by atoms with Gasteiger partial charge in [-0.15, -0.1) is 0 Å². The van der Waals surface area contributed by atoms with Crippen LogP contribution in [0.1, 0.15) is 17.6 Å². The van der Waals surface area contributed by atoms with E-state index in [9.17, 15) is 8.78 Å². The Balaban J connectivity index is 2.18. The van der Waals surface area contributed by atoms with Gasteiger partial charge in [0.15, 0.2) is 0 Å². The molecule has 0 amide bonds. The first-order valence-corrected chi connectivity index (χ1v) is 6.52. The summed E-state index contributed by atoms with van der Waals surface area (Å²) in [6.07, 6.45) is -2.55. The van der Waals surface area contributed by atoms with Crippen LogP contribution in [0.25, 0.3) is 0 Å². The summed E-state index contributed by atoms with van der Waals surface area (Å²) < 4.78 is 26.8. The predicted octanol–water partition coefficient (Wildman–Crippen LogP) is 4.58. The number of benzene rings is 2. The Hall–Kier alpha value is -1.62. The zero-order valence-corrected chi connectivity index (χ0v) is 11.6. The summed E-state index contributed by atoms with van der Waals surface area (Å²) in [6, 6.07) is 12.1. The first kappa shape index (κ1) is 13.8. The van der Waals surface area contributed by atoms with Crippen molar-refractivity contribution in [1.82, 2.24) is 0 Å². The molecule has 0 fully saturated rings. The van der Waals surface area contributed by atoms with Gasteiger partial charge in [-0.1, -0.05) is 34.1 Å². The summed E-state index contributed by atoms with van der Waals surface area (Å²) in [4.78, 5) is 0. The van der Waals surface area contributed by atoms with Gasteiger partial charge in [-0.2, -0.15) is 0 Å². The molecule has 0 aromatic heterocycles. The molecule has 0 spiro atoms. The third-order valence-corrected chi connectivity index (χ3v) is 3.51. The standard InChI is InChI=1S/C14H13BrF2N2/c15-12-4-2-1-3-9(12)8-19-13-6-5-10(18)7-11(13)14(16)17/h1-7,14,19H,8,18H2. The molecule has 0 heterocycles. The Morgan fingerprint density at radius 1 is 1.16 bits per heavy atom. The molecule has 0 unspecified atom stereocenters. The molecular weight excluding hydrogens is 314 g/mol. The number of rotatable bonds is 4. The summed E-state index contributed by atoms with van der Waals surface area (Å²) >= 11 is 3.42. The minimum Gasteiger partial charge on any atom is -0.399 e. The average molecular weight is 327 g/mol. The first-order valence-electron chi connectivity index (χ1n) is 5.73. The molecule has 2 nitrogen and oxygen atoms in total. The number of halogens is 3. The van der Waals surface area contributed by atoms with Gasteiger partial charge >= 0.3 is 0 Å². The molecule has 0 atom stereocenters. The van der Waals surface area contributed by atoms with Crippen LogP contribution in [0.4, 0.5) is 20.2 Å². The van der Waals surface area contributed by atoms with Crippen molar-refractivity contribution in [2.45, 2.75) is 13.0 Å². The van der Waals surface area contributed by atoms with Crippen molar-refractivity contribution in [1.29, 1.82) is 0 Å². The highest BCUT2D eigenvalue weighted by Gasteiger charge is 2.13. The van der Waals surface area contributed by atoms with E-state index >= 15 is 0 Å². The second-order valence-corrected chi connectivity index (χ2v) is 4.95. The molecule has 0 bridgehead atoms. The van der Waals surface area contributed by atoms with E-state index in [1.165, 1.54) is 6.07 Å². The number of nitrogens with one attached hydrogen (secondary N) is 1. The van der Waals surface area contributed by atoms with Crippen molar-refractivity contribution in [3.63, 3.8) is 0 Å². The zero-order valence-electron chi connectivity index (χ0n) is 10.0. The fraction of sp³-hybridized carbons (Fsp3) is 0.143. The van der Waals surface area contributed by atoms with E-state index in [4.69, 9.17) is 5.73 Å². The Bertz CT molecular complexity index is 573. The fourth-order valence-electron chi connectivity index (χ4n) is 1.75. The smallest absolute Gasteiger partial charge is 0.265 e. The van der Waals surface area contributed by atoms with Crippen LogP contribution in [-0.4, -0.2) is 0 Å². The molecule has 100 valence electrons. The van der Waals surface area contributed by atoms with E-state index in [1.54, 1.807) is 12.1 Å². The molecular formula is C14H13BrF2N2. The lowest BCUT2D eigenvalue weighted by molar-refractivity contribution is 0.152. The normalized spacial score (nSPS) is 10.7. The van der Waals surface area contributed by atoms with Gasteiger partial charge in [-0.05, 0) is 29.8 Å². The number of nitrogen functional groups attached to an aromatic ring is 1. The summed E-state index contributed by atoms with van der Waals surface area (Å²) in [7, 11) is 0. The Labute approximate surface area is 118 Å². The van der Waals surface area contributed by atoms with Crippen molar-refractivity contribution < 1.29 is 8.78 Å². The van der Waals surface area contributed by atoms with E-state index < -0.39 is 6.43 Å². The monoisotopic (exact) mass is 326 g/mol. The van der Waals surface area contributed by atoms with Crippen LogP contribution in [-0.2, 0) is 6.54 Å².